The van der Waals surface area contributed by atoms with Crippen LogP contribution in [-0.2, 0) is 6.18 Å². The van der Waals surface area contributed by atoms with Crippen LogP contribution in [0.15, 0.2) is 84.0 Å². The van der Waals surface area contributed by atoms with E-state index in [1.54, 1.807) is 25.3 Å². The first-order valence-corrected chi connectivity index (χ1v) is 10.4. The maximum atomic E-state index is 13.4. The summed E-state index contributed by atoms with van der Waals surface area (Å²) in [5, 5.41) is 6.32. The van der Waals surface area contributed by atoms with Gasteiger partial charge in [-0.3, -0.25) is 5.01 Å². The van der Waals surface area contributed by atoms with Gasteiger partial charge in [0.15, 0.2) is 0 Å². The van der Waals surface area contributed by atoms with Gasteiger partial charge in [-0.2, -0.15) is 18.3 Å². The molecule has 3 aromatic carbocycles. The van der Waals surface area contributed by atoms with E-state index < -0.39 is 11.7 Å². The molecule has 0 saturated heterocycles. The first kappa shape index (κ1) is 22.5. The second-order valence-corrected chi connectivity index (χ2v) is 7.52. The van der Waals surface area contributed by atoms with Crippen molar-refractivity contribution in [1.82, 2.24) is 0 Å². The monoisotopic (exact) mass is 452 g/mol. The zero-order valence-corrected chi connectivity index (χ0v) is 18.2. The summed E-state index contributed by atoms with van der Waals surface area (Å²) in [5.74, 6) is 1.38. The highest BCUT2D eigenvalue weighted by molar-refractivity contribution is 6.01. The lowest BCUT2D eigenvalue weighted by Crippen LogP contribution is -2.20. The van der Waals surface area contributed by atoms with Gasteiger partial charge in [-0.1, -0.05) is 42.5 Å². The van der Waals surface area contributed by atoms with Gasteiger partial charge >= 0.3 is 6.18 Å². The van der Waals surface area contributed by atoms with Gasteiger partial charge in [-0.15, -0.1) is 0 Å². The smallest absolute Gasteiger partial charge is 0.416 e. The summed E-state index contributed by atoms with van der Waals surface area (Å²) in [4.78, 5) is 0. The van der Waals surface area contributed by atoms with E-state index in [9.17, 15) is 13.2 Å². The number of benzene rings is 3. The summed E-state index contributed by atoms with van der Waals surface area (Å²) in [6, 6.07) is 20.0. The SMILES string of the molecule is COc1ccccc1C=CC1=NN(c2cccc(C(F)(F)F)c2)C(c2ccccc2OC)C1. The number of allylic oxidation sites excluding steroid dienone is 1. The van der Waals surface area contributed by atoms with E-state index in [2.05, 4.69) is 5.10 Å². The molecule has 4 rings (SSSR count). The third-order valence-corrected chi connectivity index (χ3v) is 5.46. The summed E-state index contributed by atoms with van der Waals surface area (Å²) >= 11 is 0. The van der Waals surface area contributed by atoms with Crippen LogP contribution in [0.1, 0.15) is 29.2 Å². The van der Waals surface area contributed by atoms with Crippen LogP contribution >= 0.6 is 0 Å². The Morgan fingerprint density at radius 3 is 2.30 bits per heavy atom. The normalized spacial score (nSPS) is 16.2. The average Bonchev–Trinajstić information content (AvgIpc) is 3.26. The van der Waals surface area contributed by atoms with Crippen molar-refractivity contribution < 1.29 is 22.6 Å². The van der Waals surface area contributed by atoms with Crippen molar-refractivity contribution in [3.63, 3.8) is 0 Å². The molecule has 1 unspecified atom stereocenters. The number of ether oxygens (including phenoxy) is 2. The maximum absolute atomic E-state index is 13.4. The summed E-state index contributed by atoms with van der Waals surface area (Å²) in [7, 11) is 3.18. The number of methoxy groups -OCH3 is 2. The lowest BCUT2D eigenvalue weighted by atomic mass is 9.99. The number of hydrazone groups is 1. The molecular formula is C26H23F3N2O2. The minimum Gasteiger partial charge on any atom is -0.496 e. The lowest BCUT2D eigenvalue weighted by Gasteiger charge is -2.26. The van der Waals surface area contributed by atoms with Crippen molar-refractivity contribution in [2.45, 2.75) is 18.6 Å². The standard InChI is InChI=1S/C26H23F3N2O2/c1-32-24-12-5-3-8-18(24)14-15-20-17-23(22-11-4-6-13-25(22)33-2)31(30-20)21-10-7-9-19(16-21)26(27,28)29/h3-16,23H,17H2,1-2H3. The van der Waals surface area contributed by atoms with E-state index in [0.717, 1.165) is 34.7 Å². The minimum atomic E-state index is -4.44. The Morgan fingerprint density at radius 1 is 0.879 bits per heavy atom. The third kappa shape index (κ3) is 4.87. The molecule has 1 aliphatic rings. The molecule has 1 heterocycles. The Balaban J connectivity index is 1.74. The highest BCUT2D eigenvalue weighted by Gasteiger charge is 2.34. The van der Waals surface area contributed by atoms with E-state index in [1.807, 2.05) is 60.7 Å². The molecular weight excluding hydrogens is 429 g/mol. The quantitative estimate of drug-likeness (QED) is 0.415. The molecule has 170 valence electrons. The van der Waals surface area contributed by atoms with Gasteiger partial charge in [0.25, 0.3) is 0 Å². The first-order valence-electron chi connectivity index (χ1n) is 10.4. The van der Waals surface area contributed by atoms with Crippen LogP contribution in [0.2, 0.25) is 0 Å². The molecule has 3 aromatic rings. The van der Waals surface area contributed by atoms with Crippen LogP contribution in [0.3, 0.4) is 0 Å². The molecule has 0 radical (unpaired) electrons. The van der Waals surface area contributed by atoms with Gasteiger partial charge in [0, 0.05) is 17.5 Å². The molecule has 0 fully saturated rings. The van der Waals surface area contributed by atoms with Crippen molar-refractivity contribution in [3.05, 3.63) is 95.6 Å². The van der Waals surface area contributed by atoms with E-state index >= 15 is 0 Å². The van der Waals surface area contributed by atoms with Gasteiger partial charge in [-0.25, -0.2) is 0 Å². The van der Waals surface area contributed by atoms with E-state index in [0.29, 0.717) is 17.9 Å². The van der Waals surface area contributed by atoms with Crippen LogP contribution in [0.4, 0.5) is 18.9 Å². The molecule has 4 nitrogen and oxygen atoms in total. The summed E-state index contributed by atoms with van der Waals surface area (Å²) in [5.41, 5.74) is 2.11. The minimum absolute atomic E-state index is 0.318. The topological polar surface area (TPSA) is 34.1 Å². The predicted octanol–water partition coefficient (Wildman–Crippen LogP) is 6.74. The van der Waals surface area contributed by atoms with Gasteiger partial charge in [0.2, 0.25) is 0 Å². The average molecular weight is 452 g/mol. The van der Waals surface area contributed by atoms with E-state index in [1.165, 1.54) is 6.07 Å². The second-order valence-electron chi connectivity index (χ2n) is 7.52. The Morgan fingerprint density at radius 2 is 1.58 bits per heavy atom. The van der Waals surface area contributed by atoms with Crippen molar-refractivity contribution in [2.24, 2.45) is 5.10 Å². The fourth-order valence-electron chi connectivity index (χ4n) is 3.87. The molecule has 0 aromatic heterocycles. The highest BCUT2D eigenvalue weighted by atomic mass is 19.4. The molecule has 33 heavy (non-hydrogen) atoms. The molecule has 0 aliphatic carbocycles. The number of hydrogen-bond donors (Lipinski definition) is 0. The number of rotatable bonds is 6. The Bertz CT molecular complexity index is 1190. The van der Waals surface area contributed by atoms with Gasteiger partial charge in [0.1, 0.15) is 11.5 Å². The Kier molecular flexibility index (Phi) is 6.40. The molecule has 7 heteroatoms. The maximum Gasteiger partial charge on any atom is 0.416 e. The number of anilines is 1. The van der Waals surface area contributed by atoms with E-state index in [-0.39, 0.29) is 6.04 Å². The third-order valence-electron chi connectivity index (χ3n) is 5.46. The summed E-state index contributed by atoms with van der Waals surface area (Å²) < 4.78 is 51.0. The molecule has 0 saturated carbocycles. The van der Waals surface area contributed by atoms with Crippen LogP contribution in [0.25, 0.3) is 6.08 Å². The fraction of sp³-hybridized carbons (Fsp3) is 0.192. The fourth-order valence-corrected chi connectivity index (χ4v) is 3.87. The molecule has 0 spiro atoms. The summed E-state index contributed by atoms with van der Waals surface area (Å²) in [6.07, 6.45) is -0.172. The Hall–Kier alpha value is -3.74. The molecule has 1 atom stereocenters. The number of alkyl halides is 3. The van der Waals surface area contributed by atoms with Crippen LogP contribution in [-0.4, -0.2) is 19.9 Å². The number of halogens is 3. The molecule has 1 aliphatic heterocycles. The van der Waals surface area contributed by atoms with Crippen molar-refractivity contribution in [3.8, 4) is 11.5 Å². The van der Waals surface area contributed by atoms with Gasteiger partial charge in [-0.05, 0) is 42.5 Å². The lowest BCUT2D eigenvalue weighted by molar-refractivity contribution is -0.137. The predicted molar refractivity (Wildman–Crippen MR) is 124 cm³/mol. The zero-order chi connectivity index (χ0) is 23.4. The first-order chi connectivity index (χ1) is 15.9. The van der Waals surface area contributed by atoms with Crippen molar-refractivity contribution >= 4 is 17.5 Å². The molecule has 0 bridgehead atoms. The van der Waals surface area contributed by atoms with Crippen molar-refractivity contribution in [1.29, 1.82) is 0 Å². The second kappa shape index (κ2) is 9.40. The molecule has 0 amide bonds. The van der Waals surface area contributed by atoms with Gasteiger partial charge < -0.3 is 9.47 Å². The molecule has 0 N–H and O–H groups in total. The van der Waals surface area contributed by atoms with Crippen LogP contribution in [0.5, 0.6) is 11.5 Å². The largest absolute Gasteiger partial charge is 0.496 e. The zero-order valence-electron chi connectivity index (χ0n) is 18.2. The van der Waals surface area contributed by atoms with Crippen molar-refractivity contribution in [2.75, 3.05) is 19.2 Å². The van der Waals surface area contributed by atoms with E-state index in [4.69, 9.17) is 9.47 Å². The number of para-hydroxylation sites is 2. The van der Waals surface area contributed by atoms with Crippen LogP contribution < -0.4 is 14.5 Å². The highest BCUT2D eigenvalue weighted by Crippen LogP contribution is 2.41. The Labute approximate surface area is 190 Å². The van der Waals surface area contributed by atoms with Gasteiger partial charge in [0.05, 0.1) is 37.2 Å². The summed E-state index contributed by atoms with van der Waals surface area (Å²) in [6.45, 7) is 0. The van der Waals surface area contributed by atoms with Crippen LogP contribution in [0, 0.1) is 0 Å². The number of nitrogens with zero attached hydrogens (tertiary/aromatic N) is 2. The number of hydrogen-bond acceptors (Lipinski definition) is 4.